The van der Waals surface area contributed by atoms with E-state index < -0.39 is 11.9 Å². The largest absolute Gasteiger partial charge is 0.494 e. The van der Waals surface area contributed by atoms with Gasteiger partial charge < -0.3 is 20.3 Å². The Morgan fingerprint density at radius 3 is 1.85 bits per heavy atom. The molecule has 0 radical (unpaired) electrons. The van der Waals surface area contributed by atoms with Crippen LogP contribution in [0.15, 0.2) is 48.5 Å². The molecule has 0 atom stereocenters. The average molecular weight is 373 g/mol. The van der Waals surface area contributed by atoms with E-state index in [4.69, 9.17) is 24.5 Å². The molecule has 0 aliphatic heterocycles. The predicted octanol–water partition coefficient (Wildman–Crippen LogP) is 4.15. The minimum Gasteiger partial charge on any atom is -0.494 e. The second kappa shape index (κ2) is 10.2. The second-order valence-corrected chi connectivity index (χ2v) is 6.87. The molecule has 0 amide bonds. The van der Waals surface area contributed by atoms with Crippen molar-refractivity contribution in [1.82, 2.24) is 0 Å². The maximum atomic E-state index is 9.10. The highest BCUT2D eigenvalue weighted by molar-refractivity contribution is 6.27. The first kappa shape index (κ1) is 22.0. The molecule has 2 aromatic rings. The van der Waals surface area contributed by atoms with Gasteiger partial charge in [-0.05, 0) is 47.7 Å². The van der Waals surface area contributed by atoms with Gasteiger partial charge in [-0.25, -0.2) is 9.59 Å². The van der Waals surface area contributed by atoms with Gasteiger partial charge in [-0.1, -0.05) is 45.0 Å². The third-order valence-corrected chi connectivity index (χ3v) is 3.66. The Morgan fingerprint density at radius 1 is 0.926 bits per heavy atom. The Labute approximate surface area is 159 Å². The van der Waals surface area contributed by atoms with Gasteiger partial charge in [0.05, 0.1) is 6.61 Å². The molecule has 6 nitrogen and oxygen atoms in total. The standard InChI is InChI=1S/C19H25NO.C2H2O4/c1-5-21-18-12-10-17(11-13-18)20-14-15-6-8-16(9-7-15)19(2,3)4;3-1(4)2(5)6/h6-13,20H,5,14H2,1-4H3;(H,3,4)(H,5,6). The maximum absolute atomic E-state index is 9.10. The van der Waals surface area contributed by atoms with Crippen molar-refractivity contribution in [3.05, 3.63) is 59.7 Å². The number of carbonyl (C=O) groups is 2. The smallest absolute Gasteiger partial charge is 0.414 e. The minimum absolute atomic E-state index is 0.209. The number of ether oxygens (including phenoxy) is 1. The number of carboxylic acids is 2. The van der Waals surface area contributed by atoms with Gasteiger partial charge in [0.1, 0.15) is 5.75 Å². The fraction of sp³-hybridized carbons (Fsp3) is 0.333. The molecule has 3 N–H and O–H groups in total. The van der Waals surface area contributed by atoms with Gasteiger partial charge in [-0.2, -0.15) is 0 Å². The number of rotatable bonds is 5. The molecule has 0 saturated carbocycles. The molecular formula is C21H27NO5. The van der Waals surface area contributed by atoms with Crippen molar-refractivity contribution in [3.8, 4) is 5.75 Å². The lowest BCUT2D eigenvalue weighted by Crippen LogP contribution is -2.11. The average Bonchev–Trinajstić information content (AvgIpc) is 2.61. The predicted molar refractivity (Wildman–Crippen MR) is 105 cm³/mol. The lowest BCUT2D eigenvalue weighted by molar-refractivity contribution is -0.159. The number of carboxylic acid groups (broad SMARTS) is 2. The monoisotopic (exact) mass is 373 g/mol. The van der Waals surface area contributed by atoms with Crippen LogP contribution in [-0.2, 0) is 21.5 Å². The van der Waals surface area contributed by atoms with Crippen molar-refractivity contribution in [1.29, 1.82) is 0 Å². The van der Waals surface area contributed by atoms with Gasteiger partial charge in [-0.15, -0.1) is 0 Å². The van der Waals surface area contributed by atoms with Gasteiger partial charge in [-0.3, -0.25) is 0 Å². The number of hydrogen-bond acceptors (Lipinski definition) is 4. The normalized spacial score (nSPS) is 10.4. The van der Waals surface area contributed by atoms with Crippen LogP contribution in [-0.4, -0.2) is 28.8 Å². The van der Waals surface area contributed by atoms with Crippen LogP contribution in [0, 0.1) is 0 Å². The van der Waals surface area contributed by atoms with Crippen molar-refractivity contribution in [2.75, 3.05) is 11.9 Å². The van der Waals surface area contributed by atoms with E-state index in [1.807, 2.05) is 19.1 Å². The van der Waals surface area contributed by atoms with Crippen LogP contribution in [0.25, 0.3) is 0 Å². The zero-order valence-corrected chi connectivity index (χ0v) is 16.2. The highest BCUT2D eigenvalue weighted by Gasteiger charge is 2.12. The Bertz CT molecular complexity index is 719. The molecule has 0 spiro atoms. The summed E-state index contributed by atoms with van der Waals surface area (Å²) < 4.78 is 5.44. The van der Waals surface area contributed by atoms with Crippen molar-refractivity contribution >= 4 is 17.6 Å². The van der Waals surface area contributed by atoms with Crippen molar-refractivity contribution in [2.45, 2.75) is 39.7 Å². The summed E-state index contributed by atoms with van der Waals surface area (Å²) in [7, 11) is 0. The number of benzene rings is 2. The number of hydrogen-bond donors (Lipinski definition) is 3. The summed E-state index contributed by atoms with van der Waals surface area (Å²) in [6.07, 6.45) is 0. The molecule has 2 rings (SSSR count). The quantitative estimate of drug-likeness (QED) is 0.682. The topological polar surface area (TPSA) is 95.9 Å². The zero-order valence-electron chi connectivity index (χ0n) is 16.2. The second-order valence-electron chi connectivity index (χ2n) is 6.87. The molecule has 0 heterocycles. The molecule has 0 aliphatic carbocycles. The molecule has 0 fully saturated rings. The SMILES string of the molecule is CCOc1ccc(NCc2ccc(C(C)(C)C)cc2)cc1.O=C(O)C(=O)O. The van der Waals surface area contributed by atoms with Crippen LogP contribution in [0.2, 0.25) is 0 Å². The summed E-state index contributed by atoms with van der Waals surface area (Å²) in [6, 6.07) is 16.9. The van der Waals surface area contributed by atoms with Crippen LogP contribution in [0.5, 0.6) is 5.75 Å². The van der Waals surface area contributed by atoms with Gasteiger partial charge in [0.25, 0.3) is 0 Å². The lowest BCUT2D eigenvalue weighted by Gasteiger charge is -2.19. The van der Waals surface area contributed by atoms with E-state index in [1.165, 1.54) is 11.1 Å². The molecule has 27 heavy (non-hydrogen) atoms. The molecule has 0 aliphatic rings. The summed E-state index contributed by atoms with van der Waals surface area (Å²) in [4.78, 5) is 18.2. The van der Waals surface area contributed by atoms with Gasteiger partial charge in [0.15, 0.2) is 0 Å². The highest BCUT2D eigenvalue weighted by atomic mass is 16.5. The highest BCUT2D eigenvalue weighted by Crippen LogP contribution is 2.22. The number of anilines is 1. The summed E-state index contributed by atoms with van der Waals surface area (Å²) in [5, 5.41) is 18.2. The van der Waals surface area contributed by atoms with Gasteiger partial charge in [0, 0.05) is 12.2 Å². The van der Waals surface area contributed by atoms with E-state index in [1.54, 1.807) is 0 Å². The van der Waals surface area contributed by atoms with Crippen LogP contribution >= 0.6 is 0 Å². The molecule has 0 aromatic heterocycles. The van der Waals surface area contributed by atoms with E-state index in [0.717, 1.165) is 18.0 Å². The van der Waals surface area contributed by atoms with E-state index >= 15 is 0 Å². The van der Waals surface area contributed by atoms with E-state index in [2.05, 4.69) is 62.5 Å². The molecule has 2 aromatic carbocycles. The molecule has 146 valence electrons. The fourth-order valence-electron chi connectivity index (χ4n) is 2.16. The van der Waals surface area contributed by atoms with E-state index in [-0.39, 0.29) is 5.41 Å². The first-order valence-corrected chi connectivity index (χ1v) is 8.66. The van der Waals surface area contributed by atoms with Gasteiger partial charge in [0.2, 0.25) is 0 Å². The van der Waals surface area contributed by atoms with Crippen molar-refractivity contribution < 1.29 is 24.5 Å². The number of aliphatic carboxylic acids is 2. The Morgan fingerprint density at radius 2 is 1.44 bits per heavy atom. The molecule has 6 heteroatoms. The van der Waals surface area contributed by atoms with Crippen LogP contribution in [0.3, 0.4) is 0 Å². The van der Waals surface area contributed by atoms with E-state index in [9.17, 15) is 0 Å². The van der Waals surface area contributed by atoms with Crippen LogP contribution in [0.1, 0.15) is 38.8 Å². The Balaban J connectivity index is 0.000000527. The van der Waals surface area contributed by atoms with Crippen molar-refractivity contribution in [3.63, 3.8) is 0 Å². The zero-order chi connectivity index (χ0) is 20.4. The molecule has 0 bridgehead atoms. The Hall–Kier alpha value is -3.02. The maximum Gasteiger partial charge on any atom is 0.414 e. The Kier molecular flexibility index (Phi) is 8.33. The third kappa shape index (κ3) is 8.27. The van der Waals surface area contributed by atoms with Gasteiger partial charge >= 0.3 is 11.9 Å². The molecule has 0 unspecified atom stereocenters. The minimum atomic E-state index is -1.82. The number of nitrogens with one attached hydrogen (secondary N) is 1. The van der Waals surface area contributed by atoms with E-state index in [0.29, 0.717) is 6.61 Å². The summed E-state index contributed by atoms with van der Waals surface area (Å²) >= 11 is 0. The fourth-order valence-corrected chi connectivity index (χ4v) is 2.16. The summed E-state index contributed by atoms with van der Waals surface area (Å²) in [5.74, 6) is -2.73. The first-order valence-electron chi connectivity index (χ1n) is 8.66. The van der Waals surface area contributed by atoms with Crippen LogP contribution in [0.4, 0.5) is 5.69 Å². The third-order valence-electron chi connectivity index (χ3n) is 3.66. The first-order chi connectivity index (χ1) is 12.6. The molecule has 0 saturated heterocycles. The molecular weight excluding hydrogens is 346 g/mol. The van der Waals surface area contributed by atoms with Crippen LogP contribution < -0.4 is 10.1 Å². The lowest BCUT2D eigenvalue weighted by atomic mass is 9.87. The summed E-state index contributed by atoms with van der Waals surface area (Å²) in [5.41, 5.74) is 3.98. The van der Waals surface area contributed by atoms with Crippen molar-refractivity contribution in [2.24, 2.45) is 0 Å². The summed E-state index contributed by atoms with van der Waals surface area (Å²) in [6.45, 7) is 10.2.